The van der Waals surface area contributed by atoms with Crippen LogP contribution in [0.2, 0.25) is 0 Å². The number of rotatable bonds is 3. The Hall–Kier alpha value is -2.28. The summed E-state index contributed by atoms with van der Waals surface area (Å²) in [7, 11) is 0. The summed E-state index contributed by atoms with van der Waals surface area (Å²) in [4.78, 5) is 10.3. The Kier molecular flexibility index (Phi) is 3.10. The molecule has 1 aromatic carbocycles. The molecule has 2 rings (SSSR count). The lowest BCUT2D eigenvalue weighted by Crippen LogP contribution is -1.94. The summed E-state index contributed by atoms with van der Waals surface area (Å²) < 4.78 is 2.06. The monoisotopic (exact) mass is 228 g/mol. The molecule has 1 heterocycles. The molecule has 86 valence electrons. The smallest absolute Gasteiger partial charge is 0.270 e. The van der Waals surface area contributed by atoms with Gasteiger partial charge in [0.2, 0.25) is 0 Å². The van der Waals surface area contributed by atoms with Crippen molar-refractivity contribution in [1.82, 2.24) is 4.57 Å². The Morgan fingerprint density at radius 2 is 2.24 bits per heavy atom. The van der Waals surface area contributed by atoms with E-state index in [4.69, 9.17) is 0 Å². The van der Waals surface area contributed by atoms with E-state index in [0.29, 0.717) is 0 Å². The average molecular weight is 228 g/mol. The first-order valence-corrected chi connectivity index (χ1v) is 5.35. The van der Waals surface area contributed by atoms with Crippen LogP contribution in [0.5, 0.6) is 0 Å². The third kappa shape index (κ3) is 2.28. The maximum atomic E-state index is 10.6. The topological polar surface area (TPSA) is 48.1 Å². The summed E-state index contributed by atoms with van der Waals surface area (Å²) in [5, 5.41) is 11.5. The first-order chi connectivity index (χ1) is 8.22. The van der Waals surface area contributed by atoms with Crippen LogP contribution in [0.25, 0.3) is 10.9 Å². The van der Waals surface area contributed by atoms with E-state index in [1.807, 2.05) is 19.2 Å². The number of nitro groups is 1. The molecule has 0 fully saturated rings. The molecule has 0 atom stereocenters. The van der Waals surface area contributed by atoms with Gasteiger partial charge >= 0.3 is 0 Å². The average Bonchev–Trinajstić information content (AvgIpc) is 2.72. The van der Waals surface area contributed by atoms with Crippen molar-refractivity contribution in [2.75, 3.05) is 0 Å². The number of fused-ring (bicyclic) bond motifs is 1. The Balaban J connectivity index is 2.33. The standard InChI is InChI=1S/C13H12N2O2/c1-2-3-4-8-14-9-7-11-10-12(15(16)17)5-6-13(11)14/h5-7,9-10H,4,8H2,1H3. The second-order valence-corrected chi connectivity index (χ2v) is 3.69. The molecule has 17 heavy (non-hydrogen) atoms. The highest BCUT2D eigenvalue weighted by Crippen LogP contribution is 2.21. The highest BCUT2D eigenvalue weighted by Gasteiger charge is 2.08. The van der Waals surface area contributed by atoms with Crippen LogP contribution in [-0.2, 0) is 6.54 Å². The molecule has 1 aromatic heterocycles. The van der Waals surface area contributed by atoms with Gasteiger partial charge in [0.1, 0.15) is 0 Å². The van der Waals surface area contributed by atoms with Crippen molar-refractivity contribution in [2.45, 2.75) is 19.9 Å². The van der Waals surface area contributed by atoms with Crippen LogP contribution >= 0.6 is 0 Å². The largest absolute Gasteiger partial charge is 0.347 e. The van der Waals surface area contributed by atoms with Crippen molar-refractivity contribution in [1.29, 1.82) is 0 Å². The first-order valence-electron chi connectivity index (χ1n) is 5.35. The van der Waals surface area contributed by atoms with E-state index in [1.54, 1.807) is 12.1 Å². The van der Waals surface area contributed by atoms with Gasteiger partial charge in [-0.25, -0.2) is 0 Å². The molecule has 4 nitrogen and oxygen atoms in total. The number of nitrogens with zero attached hydrogens (tertiary/aromatic N) is 2. The Morgan fingerprint density at radius 3 is 2.94 bits per heavy atom. The predicted molar refractivity (Wildman–Crippen MR) is 66.7 cm³/mol. The van der Waals surface area contributed by atoms with Gasteiger partial charge in [-0.15, -0.1) is 11.8 Å². The van der Waals surface area contributed by atoms with Gasteiger partial charge < -0.3 is 4.57 Å². The van der Waals surface area contributed by atoms with E-state index in [0.717, 1.165) is 23.9 Å². The normalized spacial score (nSPS) is 9.94. The van der Waals surface area contributed by atoms with Crippen LogP contribution < -0.4 is 0 Å². The van der Waals surface area contributed by atoms with E-state index in [9.17, 15) is 10.1 Å². The van der Waals surface area contributed by atoms with Crippen LogP contribution in [0, 0.1) is 22.0 Å². The molecule has 0 amide bonds. The van der Waals surface area contributed by atoms with Crippen molar-refractivity contribution >= 4 is 16.6 Å². The molecule has 0 N–H and O–H groups in total. The van der Waals surface area contributed by atoms with Gasteiger partial charge in [0.15, 0.2) is 0 Å². The quantitative estimate of drug-likeness (QED) is 0.460. The number of non-ortho nitro benzene ring substituents is 1. The van der Waals surface area contributed by atoms with Crippen LogP contribution in [0.4, 0.5) is 5.69 Å². The molecule has 2 aromatic rings. The molecule has 0 aliphatic rings. The zero-order chi connectivity index (χ0) is 12.3. The van der Waals surface area contributed by atoms with Crippen molar-refractivity contribution in [3.05, 3.63) is 40.6 Å². The number of hydrogen-bond acceptors (Lipinski definition) is 2. The molecule has 4 heteroatoms. The van der Waals surface area contributed by atoms with Crippen LogP contribution in [0.15, 0.2) is 30.5 Å². The Morgan fingerprint density at radius 1 is 1.41 bits per heavy atom. The summed E-state index contributed by atoms with van der Waals surface area (Å²) >= 11 is 0. The fourth-order valence-electron chi connectivity index (χ4n) is 1.80. The molecular weight excluding hydrogens is 216 g/mol. The highest BCUT2D eigenvalue weighted by molar-refractivity contribution is 5.82. The number of aryl methyl sites for hydroxylation is 1. The minimum atomic E-state index is -0.376. The molecule has 0 bridgehead atoms. The number of nitro benzene ring substituents is 1. The van der Waals surface area contributed by atoms with Gasteiger partial charge in [0, 0.05) is 42.2 Å². The number of benzene rings is 1. The summed E-state index contributed by atoms with van der Waals surface area (Å²) in [6.07, 6.45) is 2.73. The van der Waals surface area contributed by atoms with Crippen LogP contribution in [0.3, 0.4) is 0 Å². The van der Waals surface area contributed by atoms with Crippen molar-refractivity contribution in [3.63, 3.8) is 0 Å². The molecule has 0 radical (unpaired) electrons. The van der Waals surface area contributed by atoms with Gasteiger partial charge in [0.05, 0.1) is 4.92 Å². The van der Waals surface area contributed by atoms with Gasteiger partial charge in [-0.05, 0) is 19.1 Å². The van der Waals surface area contributed by atoms with Crippen molar-refractivity contribution in [2.24, 2.45) is 0 Å². The minimum absolute atomic E-state index is 0.128. The van der Waals surface area contributed by atoms with Gasteiger partial charge in [0.25, 0.3) is 5.69 Å². The Bertz CT molecular complexity index is 617. The van der Waals surface area contributed by atoms with E-state index < -0.39 is 0 Å². The summed E-state index contributed by atoms with van der Waals surface area (Å²) in [5.41, 5.74) is 1.14. The maximum absolute atomic E-state index is 10.6. The molecule has 0 saturated heterocycles. The molecule has 0 aliphatic heterocycles. The first kappa shape index (κ1) is 11.2. The molecule has 0 spiro atoms. The maximum Gasteiger partial charge on any atom is 0.270 e. The van der Waals surface area contributed by atoms with Gasteiger partial charge in [-0.2, -0.15) is 0 Å². The van der Waals surface area contributed by atoms with E-state index in [1.165, 1.54) is 6.07 Å². The SMILES string of the molecule is CC#CCCn1ccc2cc([N+](=O)[O-])ccc21. The fraction of sp³-hybridized carbons (Fsp3) is 0.231. The molecule has 0 saturated carbocycles. The second-order valence-electron chi connectivity index (χ2n) is 3.69. The third-order valence-corrected chi connectivity index (χ3v) is 2.62. The molecule has 0 aliphatic carbocycles. The number of aromatic nitrogens is 1. The van der Waals surface area contributed by atoms with Crippen LogP contribution in [-0.4, -0.2) is 9.49 Å². The van der Waals surface area contributed by atoms with E-state index >= 15 is 0 Å². The highest BCUT2D eigenvalue weighted by atomic mass is 16.6. The lowest BCUT2D eigenvalue weighted by atomic mass is 10.2. The minimum Gasteiger partial charge on any atom is -0.347 e. The second kappa shape index (κ2) is 4.71. The summed E-state index contributed by atoms with van der Waals surface area (Å²) in [6.45, 7) is 2.62. The Labute approximate surface area is 99.0 Å². The third-order valence-electron chi connectivity index (χ3n) is 2.62. The van der Waals surface area contributed by atoms with E-state index in [-0.39, 0.29) is 10.6 Å². The van der Waals surface area contributed by atoms with Crippen molar-refractivity contribution < 1.29 is 4.92 Å². The summed E-state index contributed by atoms with van der Waals surface area (Å²) in [6, 6.07) is 6.80. The molecular formula is C13H12N2O2. The molecule has 0 unspecified atom stereocenters. The fourth-order valence-corrected chi connectivity index (χ4v) is 1.80. The lowest BCUT2D eigenvalue weighted by molar-refractivity contribution is -0.384. The predicted octanol–water partition coefficient (Wildman–Crippen LogP) is 2.96. The van der Waals surface area contributed by atoms with Gasteiger partial charge in [-0.3, -0.25) is 10.1 Å². The summed E-state index contributed by atoms with van der Waals surface area (Å²) in [5.74, 6) is 5.85. The zero-order valence-corrected chi connectivity index (χ0v) is 9.51. The number of hydrogen-bond donors (Lipinski definition) is 0. The van der Waals surface area contributed by atoms with E-state index in [2.05, 4.69) is 16.4 Å². The van der Waals surface area contributed by atoms with Crippen LogP contribution in [0.1, 0.15) is 13.3 Å². The van der Waals surface area contributed by atoms with Crippen molar-refractivity contribution in [3.8, 4) is 11.8 Å². The van der Waals surface area contributed by atoms with Gasteiger partial charge in [-0.1, -0.05) is 0 Å². The zero-order valence-electron chi connectivity index (χ0n) is 9.51. The lowest BCUT2D eigenvalue weighted by Gasteiger charge is -2.01.